The number of nitrogens with zero attached hydrogens (tertiary/aromatic N) is 1. The van der Waals surface area contributed by atoms with Gasteiger partial charge >= 0.3 is 0 Å². The first kappa shape index (κ1) is 41.4. The van der Waals surface area contributed by atoms with Crippen LogP contribution in [0.25, 0.3) is 32.8 Å². The van der Waals surface area contributed by atoms with Crippen molar-refractivity contribution >= 4 is 27.3 Å². The van der Waals surface area contributed by atoms with Crippen molar-refractivity contribution in [1.82, 2.24) is 4.98 Å². The molecule has 0 saturated carbocycles. The maximum absolute atomic E-state index is 11.7. The van der Waals surface area contributed by atoms with Crippen LogP contribution in [0.15, 0.2) is 66.6 Å². The molecule has 0 spiro atoms. The Kier molecular flexibility index (Phi) is 17.2. The van der Waals surface area contributed by atoms with Crippen LogP contribution < -0.4 is 0 Å². The number of carbonyl (C=O) groups excluding carboxylic acids is 1. The standard InChI is InChI=1S/C31H36N.C13H24O2.Ir/c1-20(2)13-23-7-8-26-9-10-29-28(30(26)19-23)11-12-32-31(29)27-17-24(14-21(3)4)16-25(18-27)15-22(5)6;1-5-10(6-2)12(14)9-13(15)11(7-3)8-4;/h7-12,16-17,19-22H,13-15H2,1-6H3;9-11,14H,5-8H2,1-4H3;/q-1;;/b;12-9-;. The Hall–Kier alpha value is -2.81. The molecule has 263 valence electrons. The van der Waals surface area contributed by atoms with Crippen molar-refractivity contribution in [3.8, 4) is 11.3 Å². The summed E-state index contributed by atoms with van der Waals surface area (Å²) in [4.78, 5) is 16.6. The van der Waals surface area contributed by atoms with Crippen LogP contribution in [0.3, 0.4) is 0 Å². The van der Waals surface area contributed by atoms with Crippen molar-refractivity contribution < 1.29 is 30.0 Å². The summed E-state index contributed by atoms with van der Waals surface area (Å²) in [6.07, 6.45) is 10.1. The minimum absolute atomic E-state index is 0. The average molecular weight is 827 g/mol. The van der Waals surface area contributed by atoms with Crippen molar-refractivity contribution in [2.24, 2.45) is 29.6 Å². The van der Waals surface area contributed by atoms with Crippen molar-refractivity contribution in [3.63, 3.8) is 0 Å². The van der Waals surface area contributed by atoms with Gasteiger partial charge in [0.2, 0.25) is 0 Å². The van der Waals surface area contributed by atoms with Crippen molar-refractivity contribution in [2.45, 2.75) is 114 Å². The van der Waals surface area contributed by atoms with E-state index >= 15 is 0 Å². The summed E-state index contributed by atoms with van der Waals surface area (Å²) in [5, 5.41) is 14.9. The number of carbonyl (C=O) groups is 1. The van der Waals surface area contributed by atoms with E-state index in [1.54, 1.807) is 0 Å². The summed E-state index contributed by atoms with van der Waals surface area (Å²) in [5.74, 6) is 2.43. The molecule has 0 aliphatic carbocycles. The van der Waals surface area contributed by atoms with E-state index in [-0.39, 0.29) is 43.5 Å². The van der Waals surface area contributed by atoms with Crippen molar-refractivity contribution in [1.29, 1.82) is 0 Å². The fraction of sp³-hybridized carbons (Fsp3) is 0.500. The van der Waals surface area contributed by atoms with Crippen LogP contribution in [0, 0.1) is 35.7 Å². The zero-order valence-electron chi connectivity index (χ0n) is 31.2. The maximum Gasteiger partial charge on any atom is 0.162 e. The molecule has 0 saturated heterocycles. The van der Waals surface area contributed by atoms with E-state index < -0.39 is 0 Å². The second kappa shape index (κ2) is 20.0. The number of fused-ring (bicyclic) bond motifs is 3. The van der Waals surface area contributed by atoms with Crippen LogP contribution >= 0.6 is 0 Å². The van der Waals surface area contributed by atoms with Crippen LogP contribution in [-0.4, -0.2) is 15.9 Å². The zero-order chi connectivity index (χ0) is 34.7. The Balaban J connectivity index is 0.000000427. The fourth-order valence-corrected chi connectivity index (χ4v) is 6.59. The van der Waals surface area contributed by atoms with Gasteiger partial charge in [0.05, 0.1) is 5.76 Å². The number of hydrogen-bond acceptors (Lipinski definition) is 3. The van der Waals surface area contributed by atoms with Gasteiger partial charge in [0.15, 0.2) is 5.78 Å². The minimum atomic E-state index is 0. The normalized spacial score (nSPS) is 11.9. The van der Waals surface area contributed by atoms with Crippen LogP contribution in [-0.2, 0) is 44.2 Å². The molecule has 0 aliphatic heterocycles. The summed E-state index contributed by atoms with van der Waals surface area (Å²) in [6, 6.07) is 22.0. The first-order valence-electron chi connectivity index (χ1n) is 18.2. The van der Waals surface area contributed by atoms with E-state index in [4.69, 9.17) is 4.98 Å². The predicted molar refractivity (Wildman–Crippen MR) is 203 cm³/mol. The molecular formula is C44H60IrNO2-. The largest absolute Gasteiger partial charge is 0.512 e. The Labute approximate surface area is 305 Å². The van der Waals surface area contributed by atoms with Gasteiger partial charge < -0.3 is 10.1 Å². The minimum Gasteiger partial charge on any atom is -0.512 e. The molecule has 4 rings (SSSR count). The van der Waals surface area contributed by atoms with Gasteiger partial charge in [0, 0.05) is 44.2 Å². The topological polar surface area (TPSA) is 50.2 Å². The zero-order valence-corrected chi connectivity index (χ0v) is 33.6. The Morgan fingerprint density at radius 3 is 1.88 bits per heavy atom. The molecule has 0 fully saturated rings. The molecule has 1 aromatic heterocycles. The number of rotatable bonds is 14. The first-order chi connectivity index (χ1) is 22.4. The van der Waals surface area contributed by atoms with Crippen molar-refractivity contribution in [2.75, 3.05) is 0 Å². The average Bonchev–Trinajstić information content (AvgIpc) is 3.01. The van der Waals surface area contributed by atoms with Gasteiger partial charge in [0.1, 0.15) is 0 Å². The smallest absolute Gasteiger partial charge is 0.162 e. The molecule has 48 heavy (non-hydrogen) atoms. The van der Waals surface area contributed by atoms with Gasteiger partial charge in [-0.25, -0.2) is 0 Å². The van der Waals surface area contributed by atoms with E-state index in [1.807, 2.05) is 33.9 Å². The quantitative estimate of drug-likeness (QED) is 0.0596. The molecule has 0 unspecified atom stereocenters. The number of allylic oxidation sites excluding steroid dienone is 2. The summed E-state index contributed by atoms with van der Waals surface area (Å²) in [7, 11) is 0. The second-order valence-corrected chi connectivity index (χ2v) is 14.6. The van der Waals surface area contributed by atoms with E-state index in [9.17, 15) is 9.90 Å². The van der Waals surface area contributed by atoms with E-state index in [0.717, 1.165) is 56.2 Å². The third-order valence-corrected chi connectivity index (χ3v) is 9.07. The third kappa shape index (κ3) is 11.7. The number of ketones is 1. The van der Waals surface area contributed by atoms with E-state index in [0.29, 0.717) is 17.8 Å². The number of hydrogen-bond donors (Lipinski definition) is 1. The Morgan fingerprint density at radius 2 is 1.29 bits per heavy atom. The predicted octanol–water partition coefficient (Wildman–Crippen LogP) is 12.3. The fourth-order valence-electron chi connectivity index (χ4n) is 6.59. The number of aromatic nitrogens is 1. The molecule has 1 N–H and O–H groups in total. The molecule has 0 bridgehead atoms. The second-order valence-electron chi connectivity index (χ2n) is 14.6. The van der Waals surface area contributed by atoms with Gasteiger partial charge in [-0.05, 0) is 102 Å². The van der Waals surface area contributed by atoms with Crippen LogP contribution in [0.5, 0.6) is 0 Å². The van der Waals surface area contributed by atoms with E-state index in [1.165, 1.54) is 44.3 Å². The van der Waals surface area contributed by atoms with Gasteiger partial charge in [0.25, 0.3) is 0 Å². The van der Waals surface area contributed by atoms with Gasteiger partial charge in [-0.2, -0.15) is 0 Å². The van der Waals surface area contributed by atoms with Crippen LogP contribution in [0.2, 0.25) is 0 Å². The molecule has 1 heterocycles. The molecule has 4 aromatic rings. The number of aliphatic hydroxyl groups excluding tert-OH is 1. The summed E-state index contributed by atoms with van der Waals surface area (Å²) < 4.78 is 0. The number of pyridine rings is 1. The van der Waals surface area contributed by atoms with E-state index in [2.05, 4.69) is 96.1 Å². The molecule has 3 nitrogen and oxygen atoms in total. The number of aliphatic hydroxyl groups is 1. The van der Waals surface area contributed by atoms with Crippen LogP contribution in [0.1, 0.15) is 112 Å². The van der Waals surface area contributed by atoms with Crippen LogP contribution in [0.4, 0.5) is 0 Å². The maximum atomic E-state index is 11.7. The molecule has 0 amide bonds. The van der Waals surface area contributed by atoms with Crippen molar-refractivity contribution in [3.05, 3.63) is 89.3 Å². The SMILES string of the molecule is CC(C)Cc1[c-]c(-c2nccc3c2ccc2ccc(CC(C)C)cc23)cc(CC(C)C)c1.CCC(CC)C(=O)/C=C(\O)C(CC)CC.[Ir]. The third-order valence-electron chi connectivity index (χ3n) is 9.07. The van der Waals surface area contributed by atoms with Gasteiger partial charge in [-0.1, -0.05) is 99.6 Å². The Morgan fingerprint density at radius 1 is 0.708 bits per heavy atom. The summed E-state index contributed by atoms with van der Waals surface area (Å²) in [5.41, 5.74) is 6.27. The monoisotopic (exact) mass is 827 g/mol. The molecule has 4 heteroatoms. The van der Waals surface area contributed by atoms with Gasteiger partial charge in [-0.15, -0.1) is 34.9 Å². The number of benzene rings is 3. The molecular weight excluding hydrogens is 767 g/mol. The molecule has 3 aromatic carbocycles. The van der Waals surface area contributed by atoms with Gasteiger partial charge in [-0.3, -0.25) is 4.79 Å². The first-order valence-corrected chi connectivity index (χ1v) is 18.2. The summed E-state index contributed by atoms with van der Waals surface area (Å²) >= 11 is 0. The molecule has 1 radical (unpaired) electrons. The summed E-state index contributed by atoms with van der Waals surface area (Å²) in [6.45, 7) is 21.8. The Bertz CT molecular complexity index is 1600. The molecule has 0 aliphatic rings. The molecule has 0 atom stereocenters.